The van der Waals surface area contributed by atoms with E-state index in [2.05, 4.69) is 9.97 Å². The Labute approximate surface area is 154 Å². The molecule has 0 fully saturated rings. The molecule has 0 aliphatic rings. The Morgan fingerprint density at radius 1 is 1.42 bits per heavy atom. The SMILES string of the molecule is Cc1c(C(=O)O)sc2nc(C=Cc3cc([N+](=O)[O-])ccc3Cl)[nH]c(=O)c12. The number of aryl methyl sites for hydroxylation is 1. The summed E-state index contributed by atoms with van der Waals surface area (Å²) in [6.07, 6.45) is 2.93. The molecule has 0 bridgehead atoms. The van der Waals surface area contributed by atoms with Crippen molar-refractivity contribution in [3.63, 3.8) is 0 Å². The number of nitro groups is 1. The summed E-state index contributed by atoms with van der Waals surface area (Å²) in [6.45, 7) is 1.55. The van der Waals surface area contributed by atoms with Crippen molar-refractivity contribution < 1.29 is 14.8 Å². The first kappa shape index (κ1) is 17.8. The van der Waals surface area contributed by atoms with E-state index in [1.54, 1.807) is 6.92 Å². The van der Waals surface area contributed by atoms with Gasteiger partial charge in [-0.15, -0.1) is 11.3 Å². The molecule has 0 radical (unpaired) electrons. The topological polar surface area (TPSA) is 126 Å². The van der Waals surface area contributed by atoms with Crippen LogP contribution in [0.25, 0.3) is 22.4 Å². The number of H-pyrrole nitrogens is 1. The minimum Gasteiger partial charge on any atom is -0.477 e. The Kier molecular flexibility index (Phi) is 4.58. The number of aromatic nitrogens is 2. The average molecular weight is 392 g/mol. The van der Waals surface area contributed by atoms with Crippen LogP contribution in [0.4, 0.5) is 5.69 Å². The van der Waals surface area contributed by atoms with Crippen molar-refractivity contribution in [1.29, 1.82) is 0 Å². The van der Waals surface area contributed by atoms with Crippen molar-refractivity contribution in [1.82, 2.24) is 9.97 Å². The summed E-state index contributed by atoms with van der Waals surface area (Å²) in [5.74, 6) is -0.936. The third-order valence-electron chi connectivity index (χ3n) is 3.62. The van der Waals surface area contributed by atoms with Gasteiger partial charge in [0.15, 0.2) is 0 Å². The molecule has 0 amide bonds. The molecule has 26 heavy (non-hydrogen) atoms. The summed E-state index contributed by atoms with van der Waals surface area (Å²) in [4.78, 5) is 40.9. The molecule has 1 aromatic carbocycles. The number of nitrogens with one attached hydrogen (secondary N) is 1. The lowest BCUT2D eigenvalue weighted by Crippen LogP contribution is -2.09. The van der Waals surface area contributed by atoms with Gasteiger partial charge in [-0.05, 0) is 36.3 Å². The number of hydrogen-bond donors (Lipinski definition) is 2. The van der Waals surface area contributed by atoms with Gasteiger partial charge in [0, 0.05) is 17.2 Å². The maximum absolute atomic E-state index is 12.2. The quantitative estimate of drug-likeness (QED) is 0.515. The number of carboxylic acids is 1. The third kappa shape index (κ3) is 3.22. The third-order valence-corrected chi connectivity index (χ3v) is 5.14. The number of benzene rings is 1. The molecular weight excluding hydrogens is 382 g/mol. The van der Waals surface area contributed by atoms with Crippen LogP contribution < -0.4 is 5.56 Å². The lowest BCUT2D eigenvalue weighted by atomic mass is 10.2. The highest BCUT2D eigenvalue weighted by Gasteiger charge is 2.18. The number of nitrogens with zero attached hydrogens (tertiary/aromatic N) is 2. The molecule has 0 saturated heterocycles. The monoisotopic (exact) mass is 391 g/mol. The van der Waals surface area contributed by atoms with Crippen LogP contribution in [0.5, 0.6) is 0 Å². The van der Waals surface area contributed by atoms with E-state index in [-0.39, 0.29) is 21.8 Å². The molecule has 2 N–H and O–H groups in total. The Morgan fingerprint density at radius 3 is 2.81 bits per heavy atom. The van der Waals surface area contributed by atoms with Crippen molar-refractivity contribution in [2.75, 3.05) is 0 Å². The zero-order valence-electron chi connectivity index (χ0n) is 13.1. The Hall–Kier alpha value is -3.04. The predicted molar refractivity (Wildman–Crippen MR) is 99.0 cm³/mol. The van der Waals surface area contributed by atoms with Crippen molar-refractivity contribution in [3.05, 3.63) is 65.5 Å². The standard InChI is InChI=1S/C16H10ClN3O5S/c1-7-12-14(21)18-11(19-15(12)26-13(7)16(22)23)5-2-8-6-9(20(24)25)3-4-10(8)17/h2-6H,1H3,(H,22,23)(H,18,19,21). The number of aromatic carboxylic acids is 1. The van der Waals surface area contributed by atoms with Gasteiger partial charge in [0.05, 0.1) is 10.3 Å². The van der Waals surface area contributed by atoms with Gasteiger partial charge in [-0.3, -0.25) is 14.9 Å². The van der Waals surface area contributed by atoms with Crippen LogP contribution in [0.2, 0.25) is 5.02 Å². The summed E-state index contributed by atoms with van der Waals surface area (Å²) in [5, 5.41) is 20.6. The van der Waals surface area contributed by atoms with Gasteiger partial charge in [0.25, 0.3) is 11.2 Å². The van der Waals surface area contributed by atoms with Gasteiger partial charge in [-0.2, -0.15) is 0 Å². The summed E-state index contributed by atoms with van der Waals surface area (Å²) in [6, 6.07) is 3.99. The van der Waals surface area contributed by atoms with Crippen molar-refractivity contribution in [2.45, 2.75) is 6.92 Å². The lowest BCUT2D eigenvalue weighted by Gasteiger charge is -1.99. The highest BCUT2D eigenvalue weighted by atomic mass is 35.5. The van der Waals surface area contributed by atoms with E-state index >= 15 is 0 Å². The van der Waals surface area contributed by atoms with E-state index in [0.717, 1.165) is 11.3 Å². The second-order valence-electron chi connectivity index (χ2n) is 5.29. The van der Waals surface area contributed by atoms with Crippen LogP contribution in [0.15, 0.2) is 23.0 Å². The van der Waals surface area contributed by atoms with Gasteiger partial charge < -0.3 is 10.1 Å². The van der Waals surface area contributed by atoms with Crippen LogP contribution in [-0.4, -0.2) is 26.0 Å². The first-order valence-electron chi connectivity index (χ1n) is 7.16. The summed E-state index contributed by atoms with van der Waals surface area (Å²) in [5.41, 5.74) is 0.174. The van der Waals surface area contributed by atoms with E-state index < -0.39 is 16.5 Å². The zero-order valence-corrected chi connectivity index (χ0v) is 14.7. The smallest absolute Gasteiger partial charge is 0.346 e. The van der Waals surface area contributed by atoms with Gasteiger partial charge in [-0.25, -0.2) is 9.78 Å². The van der Waals surface area contributed by atoms with Crippen molar-refractivity contribution in [2.24, 2.45) is 0 Å². The molecule has 10 heteroatoms. The molecular formula is C16H10ClN3O5S. The Balaban J connectivity index is 2.06. The van der Waals surface area contributed by atoms with Gasteiger partial charge in [0.2, 0.25) is 0 Å². The minimum atomic E-state index is -1.12. The number of nitro benzene ring substituents is 1. The molecule has 0 unspecified atom stereocenters. The van der Waals surface area contributed by atoms with Crippen molar-refractivity contribution >= 4 is 57.0 Å². The highest BCUT2D eigenvalue weighted by Crippen LogP contribution is 2.27. The number of carbonyl (C=O) groups is 1. The normalized spacial score (nSPS) is 11.3. The molecule has 2 aromatic heterocycles. The molecule has 3 rings (SSSR count). The fourth-order valence-corrected chi connectivity index (χ4v) is 3.59. The predicted octanol–water partition coefficient (Wildman–Crippen LogP) is 3.72. The molecule has 0 spiro atoms. The first-order chi connectivity index (χ1) is 12.3. The van der Waals surface area contributed by atoms with E-state index in [0.29, 0.717) is 21.0 Å². The Bertz CT molecular complexity index is 1150. The number of hydrogen-bond acceptors (Lipinski definition) is 6. The zero-order chi connectivity index (χ0) is 19.0. The number of thiophene rings is 1. The molecule has 0 atom stereocenters. The number of fused-ring (bicyclic) bond motifs is 1. The molecule has 2 heterocycles. The largest absolute Gasteiger partial charge is 0.477 e. The summed E-state index contributed by atoms with van der Waals surface area (Å²) >= 11 is 6.93. The highest BCUT2D eigenvalue weighted by molar-refractivity contribution is 7.20. The van der Waals surface area contributed by atoms with E-state index in [1.807, 2.05) is 0 Å². The first-order valence-corrected chi connectivity index (χ1v) is 8.36. The van der Waals surface area contributed by atoms with Crippen LogP contribution in [0.3, 0.4) is 0 Å². The maximum Gasteiger partial charge on any atom is 0.346 e. The number of non-ortho nitro benzene ring substituents is 1. The van der Waals surface area contributed by atoms with E-state index in [1.165, 1.54) is 30.4 Å². The van der Waals surface area contributed by atoms with Gasteiger partial charge in [-0.1, -0.05) is 11.6 Å². The average Bonchev–Trinajstić information content (AvgIpc) is 2.91. The second-order valence-corrected chi connectivity index (χ2v) is 6.70. The van der Waals surface area contributed by atoms with Crippen LogP contribution >= 0.6 is 22.9 Å². The maximum atomic E-state index is 12.2. The molecule has 3 aromatic rings. The molecule has 0 saturated carbocycles. The minimum absolute atomic E-state index is 0.0564. The molecule has 0 aliphatic carbocycles. The number of rotatable bonds is 4. The number of carboxylic acid groups (broad SMARTS) is 1. The molecule has 8 nitrogen and oxygen atoms in total. The lowest BCUT2D eigenvalue weighted by molar-refractivity contribution is -0.384. The van der Waals surface area contributed by atoms with Gasteiger partial charge in [0.1, 0.15) is 15.5 Å². The molecule has 0 aliphatic heterocycles. The summed E-state index contributed by atoms with van der Waals surface area (Å²) < 4.78 is 0. The van der Waals surface area contributed by atoms with E-state index in [4.69, 9.17) is 16.7 Å². The number of halogens is 1. The number of aromatic amines is 1. The summed E-state index contributed by atoms with van der Waals surface area (Å²) in [7, 11) is 0. The fraction of sp³-hybridized carbons (Fsp3) is 0.0625. The van der Waals surface area contributed by atoms with Crippen LogP contribution in [0.1, 0.15) is 26.6 Å². The second kappa shape index (κ2) is 6.70. The van der Waals surface area contributed by atoms with Crippen molar-refractivity contribution in [3.8, 4) is 0 Å². The fourth-order valence-electron chi connectivity index (χ4n) is 2.38. The van der Waals surface area contributed by atoms with Crippen LogP contribution in [-0.2, 0) is 0 Å². The Morgan fingerprint density at radius 2 is 2.15 bits per heavy atom. The van der Waals surface area contributed by atoms with Crippen LogP contribution in [0, 0.1) is 17.0 Å². The van der Waals surface area contributed by atoms with E-state index in [9.17, 15) is 19.7 Å². The van der Waals surface area contributed by atoms with Gasteiger partial charge >= 0.3 is 5.97 Å². The molecule has 132 valence electrons.